The molecule has 3 rings (SSSR count). The third kappa shape index (κ3) is 3.65. The molecule has 1 aromatic rings. The summed E-state index contributed by atoms with van der Waals surface area (Å²) >= 11 is 0. The van der Waals surface area contributed by atoms with Gasteiger partial charge in [-0.15, -0.1) is 0 Å². The number of hydrogen-bond donors (Lipinski definition) is 3. The van der Waals surface area contributed by atoms with Crippen LogP contribution in [0.4, 0.5) is 11.4 Å². The number of anilines is 2. The summed E-state index contributed by atoms with van der Waals surface area (Å²) in [6.45, 7) is 3.76. The summed E-state index contributed by atoms with van der Waals surface area (Å²) in [5.74, 6) is 0.411. The minimum absolute atomic E-state index is 0.0744. The van der Waals surface area contributed by atoms with Gasteiger partial charge in [0.1, 0.15) is 0 Å². The summed E-state index contributed by atoms with van der Waals surface area (Å²) in [6.07, 6.45) is 3.72. The van der Waals surface area contributed by atoms with Crippen LogP contribution >= 0.6 is 0 Å². The second kappa shape index (κ2) is 6.48. The molecule has 2 amide bonds. The molecule has 2 fully saturated rings. The van der Waals surface area contributed by atoms with Crippen LogP contribution in [0.1, 0.15) is 31.2 Å². The van der Waals surface area contributed by atoms with Crippen molar-refractivity contribution in [1.82, 2.24) is 5.32 Å². The first-order valence-electron chi connectivity index (χ1n) is 8.06. The van der Waals surface area contributed by atoms with E-state index in [1.807, 2.05) is 25.1 Å². The fraction of sp³-hybridized carbons (Fsp3) is 0.529. The predicted octanol–water partition coefficient (Wildman–Crippen LogP) is 2.28. The third-order valence-electron chi connectivity index (χ3n) is 4.42. The van der Waals surface area contributed by atoms with Crippen molar-refractivity contribution in [2.75, 3.05) is 23.7 Å². The second-order valence-electron chi connectivity index (χ2n) is 6.31. The van der Waals surface area contributed by atoms with Gasteiger partial charge in [0.15, 0.2) is 0 Å². The number of hydrogen-bond acceptors (Lipinski definition) is 3. The van der Waals surface area contributed by atoms with E-state index in [0.717, 1.165) is 55.7 Å². The van der Waals surface area contributed by atoms with E-state index in [1.54, 1.807) is 0 Å². The first-order chi connectivity index (χ1) is 10.6. The third-order valence-corrected chi connectivity index (χ3v) is 4.42. The van der Waals surface area contributed by atoms with Crippen LogP contribution in [-0.4, -0.2) is 24.9 Å². The molecular formula is C17H23N3O2. The zero-order valence-corrected chi connectivity index (χ0v) is 12.9. The molecule has 22 heavy (non-hydrogen) atoms. The molecule has 1 aromatic carbocycles. The van der Waals surface area contributed by atoms with Crippen LogP contribution in [0.2, 0.25) is 0 Å². The molecule has 118 valence electrons. The van der Waals surface area contributed by atoms with Crippen LogP contribution in [0.15, 0.2) is 18.2 Å². The van der Waals surface area contributed by atoms with Crippen molar-refractivity contribution >= 4 is 23.2 Å². The average Bonchev–Trinajstić information content (AvgIpc) is 3.36. The van der Waals surface area contributed by atoms with Crippen molar-refractivity contribution in [3.63, 3.8) is 0 Å². The van der Waals surface area contributed by atoms with Crippen molar-refractivity contribution in [3.05, 3.63) is 23.8 Å². The molecule has 0 spiro atoms. The van der Waals surface area contributed by atoms with Gasteiger partial charge in [-0.3, -0.25) is 9.59 Å². The van der Waals surface area contributed by atoms with Crippen LogP contribution in [-0.2, 0) is 9.59 Å². The van der Waals surface area contributed by atoms with Crippen LogP contribution in [0.3, 0.4) is 0 Å². The molecule has 0 aromatic heterocycles. The van der Waals surface area contributed by atoms with Crippen molar-refractivity contribution in [3.8, 4) is 0 Å². The average molecular weight is 301 g/mol. The number of nitrogens with one attached hydrogen (secondary N) is 3. The Hall–Kier alpha value is -1.88. The van der Waals surface area contributed by atoms with E-state index in [-0.39, 0.29) is 23.7 Å². The Morgan fingerprint density at radius 3 is 2.32 bits per heavy atom. The normalized spacial score (nSPS) is 18.8. The van der Waals surface area contributed by atoms with Gasteiger partial charge in [-0.25, -0.2) is 0 Å². The highest BCUT2D eigenvalue weighted by atomic mass is 16.2. The van der Waals surface area contributed by atoms with Gasteiger partial charge in [0.05, 0.1) is 0 Å². The van der Waals surface area contributed by atoms with Crippen molar-refractivity contribution < 1.29 is 9.59 Å². The van der Waals surface area contributed by atoms with Gasteiger partial charge in [-0.05, 0) is 63.4 Å². The summed E-state index contributed by atoms with van der Waals surface area (Å²) in [7, 11) is 0. The molecule has 0 unspecified atom stereocenters. The summed E-state index contributed by atoms with van der Waals surface area (Å²) in [5.41, 5.74) is 2.55. The van der Waals surface area contributed by atoms with Crippen molar-refractivity contribution in [1.29, 1.82) is 0 Å². The molecule has 1 saturated carbocycles. The topological polar surface area (TPSA) is 70.2 Å². The Bertz CT molecular complexity index is 575. The predicted molar refractivity (Wildman–Crippen MR) is 86.8 cm³/mol. The van der Waals surface area contributed by atoms with E-state index >= 15 is 0 Å². The lowest BCUT2D eigenvalue weighted by atomic mass is 9.97. The number of benzene rings is 1. The van der Waals surface area contributed by atoms with E-state index in [0.29, 0.717) is 0 Å². The van der Waals surface area contributed by atoms with Gasteiger partial charge >= 0.3 is 0 Å². The molecule has 0 bridgehead atoms. The van der Waals surface area contributed by atoms with Gasteiger partial charge in [0, 0.05) is 23.2 Å². The molecule has 0 atom stereocenters. The number of carbonyl (C=O) groups excluding carboxylic acids is 2. The lowest BCUT2D eigenvalue weighted by Gasteiger charge is -2.22. The number of rotatable bonds is 4. The quantitative estimate of drug-likeness (QED) is 0.799. The van der Waals surface area contributed by atoms with Crippen LogP contribution < -0.4 is 16.0 Å². The molecule has 1 aliphatic carbocycles. The minimum Gasteiger partial charge on any atom is -0.326 e. The fourth-order valence-corrected chi connectivity index (χ4v) is 2.74. The molecule has 3 N–H and O–H groups in total. The van der Waals surface area contributed by atoms with Gasteiger partial charge < -0.3 is 16.0 Å². The Morgan fingerprint density at radius 2 is 1.64 bits per heavy atom. The molecule has 5 nitrogen and oxygen atoms in total. The molecule has 1 saturated heterocycles. The molecule has 5 heteroatoms. The van der Waals surface area contributed by atoms with Crippen LogP contribution in [0, 0.1) is 18.8 Å². The maximum atomic E-state index is 12.3. The van der Waals surface area contributed by atoms with Gasteiger partial charge in [-0.1, -0.05) is 6.07 Å². The van der Waals surface area contributed by atoms with Gasteiger partial charge in [-0.2, -0.15) is 0 Å². The Morgan fingerprint density at radius 1 is 1.00 bits per heavy atom. The maximum Gasteiger partial charge on any atom is 0.227 e. The summed E-state index contributed by atoms with van der Waals surface area (Å²) < 4.78 is 0. The van der Waals surface area contributed by atoms with Gasteiger partial charge in [0.2, 0.25) is 11.8 Å². The molecule has 1 aliphatic heterocycles. The molecular weight excluding hydrogens is 278 g/mol. The highest BCUT2D eigenvalue weighted by Crippen LogP contribution is 2.31. The molecule has 2 aliphatic rings. The number of aryl methyl sites for hydroxylation is 1. The zero-order chi connectivity index (χ0) is 15.5. The molecule has 0 radical (unpaired) electrons. The zero-order valence-electron chi connectivity index (χ0n) is 12.9. The maximum absolute atomic E-state index is 12.3. The lowest BCUT2D eigenvalue weighted by molar-refractivity contribution is -0.120. The van der Waals surface area contributed by atoms with E-state index in [1.165, 1.54) is 0 Å². The van der Waals surface area contributed by atoms with Crippen LogP contribution in [0.25, 0.3) is 0 Å². The minimum atomic E-state index is 0.0744. The first kappa shape index (κ1) is 15.0. The SMILES string of the molecule is Cc1ccc(NC(=O)C2CC2)cc1NC(=O)C1CCNCC1. The number of amides is 2. The lowest BCUT2D eigenvalue weighted by Crippen LogP contribution is -2.34. The summed E-state index contributed by atoms with van der Waals surface area (Å²) in [5, 5.41) is 9.21. The van der Waals surface area contributed by atoms with E-state index in [4.69, 9.17) is 0 Å². The Labute approximate surface area is 130 Å². The second-order valence-corrected chi connectivity index (χ2v) is 6.31. The first-order valence-corrected chi connectivity index (χ1v) is 8.06. The summed E-state index contributed by atoms with van der Waals surface area (Å²) in [4.78, 5) is 24.2. The molecule has 1 heterocycles. The highest BCUT2D eigenvalue weighted by molar-refractivity contribution is 5.97. The van der Waals surface area contributed by atoms with E-state index in [2.05, 4.69) is 16.0 Å². The largest absolute Gasteiger partial charge is 0.326 e. The smallest absolute Gasteiger partial charge is 0.227 e. The summed E-state index contributed by atoms with van der Waals surface area (Å²) in [6, 6.07) is 5.67. The van der Waals surface area contributed by atoms with E-state index in [9.17, 15) is 9.59 Å². The highest BCUT2D eigenvalue weighted by Gasteiger charge is 2.29. The number of piperidine rings is 1. The Balaban J connectivity index is 1.66. The van der Waals surface area contributed by atoms with Crippen molar-refractivity contribution in [2.45, 2.75) is 32.6 Å². The van der Waals surface area contributed by atoms with E-state index < -0.39 is 0 Å². The monoisotopic (exact) mass is 301 g/mol. The van der Waals surface area contributed by atoms with Crippen LogP contribution in [0.5, 0.6) is 0 Å². The fourth-order valence-electron chi connectivity index (χ4n) is 2.74. The standard InChI is InChI=1S/C17H23N3O2/c1-11-2-5-14(19-16(21)12-3-4-12)10-15(11)20-17(22)13-6-8-18-9-7-13/h2,5,10,12-13,18H,3-4,6-9H2,1H3,(H,19,21)(H,20,22). The van der Waals surface area contributed by atoms with Gasteiger partial charge in [0.25, 0.3) is 0 Å². The number of carbonyl (C=O) groups is 2. The Kier molecular flexibility index (Phi) is 4.43. The van der Waals surface area contributed by atoms with Crippen molar-refractivity contribution in [2.24, 2.45) is 11.8 Å².